The Balaban J connectivity index is 1.39. The van der Waals surface area contributed by atoms with Crippen molar-refractivity contribution in [3.63, 3.8) is 0 Å². The van der Waals surface area contributed by atoms with Crippen LogP contribution in [0.25, 0.3) is 0 Å². The van der Waals surface area contributed by atoms with Crippen LogP contribution in [0.15, 0.2) is 24.3 Å². The van der Waals surface area contributed by atoms with Crippen LogP contribution in [-0.4, -0.2) is 60.5 Å². The molecular formula is C20H28N4O2. The number of fused-ring (bicyclic) bond motifs is 1. The Labute approximate surface area is 154 Å². The van der Waals surface area contributed by atoms with Crippen molar-refractivity contribution in [3.8, 4) is 0 Å². The number of carbonyl (C=O) groups is 2. The Morgan fingerprint density at radius 2 is 2.00 bits per heavy atom. The number of carbonyl (C=O) groups excluding carboxylic acids is 2. The molecule has 1 aromatic rings. The van der Waals surface area contributed by atoms with Gasteiger partial charge in [-0.1, -0.05) is 24.3 Å². The van der Waals surface area contributed by atoms with Crippen LogP contribution in [-0.2, 0) is 11.2 Å². The number of aryl methyl sites for hydroxylation is 1. The van der Waals surface area contributed by atoms with Crippen LogP contribution in [0.5, 0.6) is 0 Å². The molecule has 2 fully saturated rings. The second-order valence-corrected chi connectivity index (χ2v) is 7.79. The van der Waals surface area contributed by atoms with Crippen LogP contribution in [0.3, 0.4) is 0 Å². The Hall–Kier alpha value is -2.08. The summed E-state index contributed by atoms with van der Waals surface area (Å²) in [5, 5.41) is 6.25. The molecule has 1 spiro atoms. The zero-order valence-electron chi connectivity index (χ0n) is 15.5. The first-order chi connectivity index (χ1) is 12.6. The van der Waals surface area contributed by atoms with E-state index in [1.165, 1.54) is 11.1 Å². The highest BCUT2D eigenvalue weighted by Gasteiger charge is 2.46. The summed E-state index contributed by atoms with van der Waals surface area (Å²) in [6.07, 6.45) is 4.37. The minimum absolute atomic E-state index is 0.00163. The summed E-state index contributed by atoms with van der Waals surface area (Å²) < 4.78 is 0. The first-order valence-corrected chi connectivity index (χ1v) is 9.73. The molecule has 0 bridgehead atoms. The SMILES string of the molecule is CN1CCCNC(=O)C12CCN(C(=O)NC1CCc3ccccc31)CC2. The van der Waals surface area contributed by atoms with Gasteiger partial charge in [0.2, 0.25) is 5.91 Å². The fraction of sp³-hybridized carbons (Fsp3) is 0.600. The van der Waals surface area contributed by atoms with Crippen LogP contribution in [0.2, 0.25) is 0 Å². The highest BCUT2D eigenvalue weighted by atomic mass is 16.2. The summed E-state index contributed by atoms with van der Waals surface area (Å²) in [5.74, 6) is 0.127. The number of hydrogen-bond donors (Lipinski definition) is 2. The van der Waals surface area contributed by atoms with Crippen LogP contribution in [0, 0.1) is 0 Å². The molecule has 1 aliphatic carbocycles. The number of piperidine rings is 1. The molecule has 3 amide bonds. The van der Waals surface area contributed by atoms with Crippen molar-refractivity contribution in [1.82, 2.24) is 20.4 Å². The number of benzene rings is 1. The average molecular weight is 356 g/mol. The molecule has 2 heterocycles. The standard InChI is InChI=1S/C20H28N4O2/c1-23-12-4-11-21-18(25)20(23)9-13-24(14-10-20)19(26)22-17-8-7-15-5-2-3-6-16(15)17/h2-3,5-6,17H,4,7-14H2,1H3,(H,21,25)(H,22,26). The van der Waals surface area contributed by atoms with Crippen LogP contribution < -0.4 is 10.6 Å². The van der Waals surface area contributed by atoms with E-state index in [4.69, 9.17) is 0 Å². The Morgan fingerprint density at radius 3 is 2.81 bits per heavy atom. The summed E-state index contributed by atoms with van der Waals surface area (Å²) in [4.78, 5) is 29.5. The highest BCUT2D eigenvalue weighted by Crippen LogP contribution is 2.32. The van der Waals surface area contributed by atoms with Gasteiger partial charge in [0.1, 0.15) is 5.54 Å². The van der Waals surface area contributed by atoms with Crippen LogP contribution in [0.1, 0.15) is 42.9 Å². The quantitative estimate of drug-likeness (QED) is 0.805. The summed E-state index contributed by atoms with van der Waals surface area (Å²) in [7, 11) is 2.04. The third-order valence-electron chi connectivity index (χ3n) is 6.42. The van der Waals surface area contributed by atoms with E-state index < -0.39 is 5.54 Å². The molecule has 0 radical (unpaired) electrons. The molecule has 1 aromatic carbocycles. The second-order valence-electron chi connectivity index (χ2n) is 7.79. The van der Waals surface area contributed by atoms with Crippen molar-refractivity contribution >= 4 is 11.9 Å². The van der Waals surface area contributed by atoms with E-state index in [2.05, 4.69) is 33.7 Å². The van der Waals surface area contributed by atoms with Gasteiger partial charge in [-0.05, 0) is 50.3 Å². The van der Waals surface area contributed by atoms with Gasteiger partial charge >= 0.3 is 6.03 Å². The number of urea groups is 1. The molecule has 2 aliphatic heterocycles. The van der Waals surface area contributed by atoms with Gasteiger partial charge < -0.3 is 15.5 Å². The molecule has 0 saturated carbocycles. The van der Waals surface area contributed by atoms with E-state index in [1.54, 1.807) is 0 Å². The molecule has 1 unspecified atom stereocenters. The molecule has 4 rings (SSSR count). The van der Waals surface area contributed by atoms with E-state index >= 15 is 0 Å². The number of amides is 3. The lowest BCUT2D eigenvalue weighted by Gasteiger charge is -2.45. The molecule has 26 heavy (non-hydrogen) atoms. The highest BCUT2D eigenvalue weighted by molar-refractivity contribution is 5.87. The fourth-order valence-corrected chi connectivity index (χ4v) is 4.71. The summed E-state index contributed by atoms with van der Waals surface area (Å²) >= 11 is 0. The maximum atomic E-state index is 12.8. The van der Waals surface area contributed by atoms with Crippen molar-refractivity contribution in [3.05, 3.63) is 35.4 Å². The van der Waals surface area contributed by atoms with Gasteiger partial charge in [-0.25, -0.2) is 4.79 Å². The number of nitrogens with one attached hydrogen (secondary N) is 2. The Kier molecular flexibility index (Phi) is 4.61. The number of nitrogens with zero attached hydrogens (tertiary/aromatic N) is 2. The first kappa shape index (κ1) is 17.3. The molecular weight excluding hydrogens is 328 g/mol. The fourth-order valence-electron chi connectivity index (χ4n) is 4.71. The van der Waals surface area contributed by atoms with E-state index in [0.29, 0.717) is 25.9 Å². The van der Waals surface area contributed by atoms with Gasteiger partial charge in [0.05, 0.1) is 6.04 Å². The smallest absolute Gasteiger partial charge is 0.317 e. The number of rotatable bonds is 1. The van der Waals surface area contributed by atoms with Crippen molar-refractivity contribution in [2.24, 2.45) is 0 Å². The number of likely N-dealkylation sites (tertiary alicyclic amines) is 1. The zero-order valence-corrected chi connectivity index (χ0v) is 15.5. The van der Waals surface area contributed by atoms with E-state index in [0.717, 1.165) is 32.4 Å². The molecule has 140 valence electrons. The number of likely N-dealkylation sites (N-methyl/N-ethyl adjacent to an activating group) is 1. The normalized spacial score (nSPS) is 25.5. The third-order valence-corrected chi connectivity index (χ3v) is 6.42. The van der Waals surface area contributed by atoms with E-state index in [-0.39, 0.29) is 18.0 Å². The minimum Gasteiger partial charge on any atom is -0.354 e. The minimum atomic E-state index is -0.451. The van der Waals surface area contributed by atoms with Crippen LogP contribution in [0.4, 0.5) is 4.79 Å². The largest absolute Gasteiger partial charge is 0.354 e. The predicted octanol–water partition coefficient (Wildman–Crippen LogP) is 1.67. The zero-order chi connectivity index (χ0) is 18.1. The topological polar surface area (TPSA) is 64.7 Å². The summed E-state index contributed by atoms with van der Waals surface area (Å²) in [6, 6.07) is 8.46. The lowest BCUT2D eigenvalue weighted by Crippen LogP contribution is -2.62. The van der Waals surface area contributed by atoms with Crippen molar-refractivity contribution in [2.75, 3.05) is 33.2 Å². The lowest BCUT2D eigenvalue weighted by molar-refractivity contribution is -0.134. The van der Waals surface area contributed by atoms with Gasteiger partial charge in [-0.3, -0.25) is 9.69 Å². The van der Waals surface area contributed by atoms with Crippen molar-refractivity contribution in [1.29, 1.82) is 0 Å². The first-order valence-electron chi connectivity index (χ1n) is 9.73. The Bertz CT molecular complexity index is 697. The Morgan fingerprint density at radius 1 is 1.23 bits per heavy atom. The van der Waals surface area contributed by atoms with Gasteiger partial charge in [0, 0.05) is 26.2 Å². The van der Waals surface area contributed by atoms with Gasteiger partial charge in [-0.15, -0.1) is 0 Å². The predicted molar refractivity (Wildman–Crippen MR) is 99.8 cm³/mol. The van der Waals surface area contributed by atoms with Gasteiger partial charge in [0.15, 0.2) is 0 Å². The monoisotopic (exact) mass is 356 g/mol. The summed E-state index contributed by atoms with van der Waals surface area (Å²) in [6.45, 7) is 2.91. The maximum Gasteiger partial charge on any atom is 0.317 e. The molecule has 0 aromatic heterocycles. The molecule has 2 N–H and O–H groups in total. The van der Waals surface area contributed by atoms with Crippen molar-refractivity contribution in [2.45, 2.75) is 43.7 Å². The van der Waals surface area contributed by atoms with Crippen LogP contribution >= 0.6 is 0 Å². The van der Waals surface area contributed by atoms with Gasteiger partial charge in [0.25, 0.3) is 0 Å². The molecule has 3 aliphatic rings. The summed E-state index contributed by atoms with van der Waals surface area (Å²) in [5.41, 5.74) is 2.14. The van der Waals surface area contributed by atoms with E-state index in [1.807, 2.05) is 18.0 Å². The van der Waals surface area contributed by atoms with E-state index in [9.17, 15) is 9.59 Å². The van der Waals surface area contributed by atoms with Gasteiger partial charge in [-0.2, -0.15) is 0 Å². The molecule has 1 atom stereocenters. The second kappa shape index (κ2) is 6.91. The lowest BCUT2D eigenvalue weighted by atomic mass is 9.85. The van der Waals surface area contributed by atoms with Crippen molar-refractivity contribution < 1.29 is 9.59 Å². The molecule has 2 saturated heterocycles. The maximum absolute atomic E-state index is 12.8. The average Bonchev–Trinajstić information content (AvgIpc) is 3.02. The third kappa shape index (κ3) is 2.96. The molecule has 6 nitrogen and oxygen atoms in total. The molecule has 6 heteroatoms. The number of hydrogen-bond acceptors (Lipinski definition) is 3.